The molecule has 60 valence electrons. The standard InChI is InChI=1S/C8H8N4/c1-7-10-3-2-8(11-7)12-5-4-9-6-12/h2-6H,1H3. The van der Waals surface area contributed by atoms with E-state index in [1.807, 2.05) is 23.8 Å². The lowest BCUT2D eigenvalue weighted by Crippen LogP contribution is -1.96. The molecule has 2 heterocycles. The quantitative estimate of drug-likeness (QED) is 0.624. The lowest BCUT2D eigenvalue weighted by atomic mass is 10.5. The Labute approximate surface area is 69.9 Å². The molecular formula is C8H8N4. The molecule has 0 N–H and O–H groups in total. The van der Waals surface area contributed by atoms with Gasteiger partial charge in [0.15, 0.2) is 0 Å². The third-order valence-electron chi connectivity index (χ3n) is 1.53. The van der Waals surface area contributed by atoms with Gasteiger partial charge in [0.25, 0.3) is 0 Å². The van der Waals surface area contributed by atoms with Crippen LogP contribution in [0.5, 0.6) is 0 Å². The molecule has 0 fully saturated rings. The van der Waals surface area contributed by atoms with Crippen LogP contribution in [0, 0.1) is 6.92 Å². The van der Waals surface area contributed by atoms with E-state index in [-0.39, 0.29) is 0 Å². The van der Waals surface area contributed by atoms with E-state index in [0.717, 1.165) is 11.6 Å². The summed E-state index contributed by atoms with van der Waals surface area (Å²) in [4.78, 5) is 12.2. The molecule has 0 unspecified atom stereocenters. The van der Waals surface area contributed by atoms with Crippen molar-refractivity contribution in [2.24, 2.45) is 0 Å². The molecule has 0 saturated carbocycles. The van der Waals surface area contributed by atoms with Crippen molar-refractivity contribution < 1.29 is 0 Å². The third-order valence-corrected chi connectivity index (χ3v) is 1.53. The number of imidazole rings is 1. The molecular weight excluding hydrogens is 152 g/mol. The highest BCUT2D eigenvalue weighted by atomic mass is 15.1. The maximum Gasteiger partial charge on any atom is 0.141 e. The molecule has 4 nitrogen and oxygen atoms in total. The second kappa shape index (κ2) is 2.73. The van der Waals surface area contributed by atoms with Crippen LogP contribution < -0.4 is 0 Å². The average Bonchev–Trinajstić information content (AvgIpc) is 2.56. The van der Waals surface area contributed by atoms with Crippen molar-refractivity contribution in [2.75, 3.05) is 0 Å². The third kappa shape index (κ3) is 1.18. The molecule has 0 bridgehead atoms. The highest BCUT2D eigenvalue weighted by Crippen LogP contribution is 2.01. The largest absolute Gasteiger partial charge is 0.290 e. The summed E-state index contributed by atoms with van der Waals surface area (Å²) in [6.07, 6.45) is 7.01. The van der Waals surface area contributed by atoms with E-state index in [1.54, 1.807) is 18.7 Å². The van der Waals surface area contributed by atoms with Crippen molar-refractivity contribution >= 4 is 0 Å². The topological polar surface area (TPSA) is 43.6 Å². The Kier molecular flexibility index (Phi) is 1.59. The van der Waals surface area contributed by atoms with Crippen LogP contribution in [0.3, 0.4) is 0 Å². The van der Waals surface area contributed by atoms with Crippen LogP contribution in [-0.4, -0.2) is 19.5 Å². The number of aromatic nitrogens is 4. The van der Waals surface area contributed by atoms with Crippen molar-refractivity contribution in [3.63, 3.8) is 0 Å². The second-order valence-electron chi connectivity index (χ2n) is 2.43. The van der Waals surface area contributed by atoms with Crippen molar-refractivity contribution in [2.45, 2.75) is 6.92 Å². The van der Waals surface area contributed by atoms with Gasteiger partial charge in [-0.15, -0.1) is 0 Å². The van der Waals surface area contributed by atoms with Crippen LogP contribution in [0.1, 0.15) is 5.82 Å². The van der Waals surface area contributed by atoms with E-state index in [9.17, 15) is 0 Å². The van der Waals surface area contributed by atoms with Gasteiger partial charge in [0.05, 0.1) is 0 Å². The highest BCUT2D eigenvalue weighted by Gasteiger charge is 1.95. The maximum atomic E-state index is 4.23. The fourth-order valence-electron chi connectivity index (χ4n) is 0.982. The Balaban J connectivity index is 2.48. The number of aryl methyl sites for hydroxylation is 1. The predicted molar refractivity (Wildman–Crippen MR) is 43.9 cm³/mol. The zero-order chi connectivity index (χ0) is 8.39. The normalized spacial score (nSPS) is 10.1. The van der Waals surface area contributed by atoms with E-state index in [0.29, 0.717) is 0 Å². The molecule has 4 heteroatoms. The summed E-state index contributed by atoms with van der Waals surface area (Å²) < 4.78 is 1.84. The van der Waals surface area contributed by atoms with Crippen LogP contribution in [0.2, 0.25) is 0 Å². The van der Waals surface area contributed by atoms with Crippen molar-refractivity contribution in [3.05, 3.63) is 36.8 Å². The van der Waals surface area contributed by atoms with Gasteiger partial charge in [0, 0.05) is 18.6 Å². The van der Waals surface area contributed by atoms with Crippen LogP contribution in [0.25, 0.3) is 5.82 Å². The van der Waals surface area contributed by atoms with Crippen molar-refractivity contribution in [1.29, 1.82) is 0 Å². The molecule has 0 amide bonds. The minimum absolute atomic E-state index is 0.765. The Hall–Kier alpha value is -1.71. The van der Waals surface area contributed by atoms with Gasteiger partial charge in [-0.2, -0.15) is 0 Å². The number of rotatable bonds is 1. The van der Waals surface area contributed by atoms with Gasteiger partial charge in [0.1, 0.15) is 18.0 Å². The molecule has 2 aromatic heterocycles. The van der Waals surface area contributed by atoms with Crippen molar-refractivity contribution in [1.82, 2.24) is 19.5 Å². The second-order valence-corrected chi connectivity index (χ2v) is 2.43. The summed E-state index contributed by atoms with van der Waals surface area (Å²) in [6.45, 7) is 1.86. The Morgan fingerprint density at radius 1 is 1.33 bits per heavy atom. The lowest BCUT2D eigenvalue weighted by Gasteiger charge is -1.99. The first-order valence-corrected chi connectivity index (χ1v) is 3.64. The SMILES string of the molecule is Cc1nccc(-n2ccnc2)n1. The fourth-order valence-corrected chi connectivity index (χ4v) is 0.982. The Morgan fingerprint density at radius 2 is 2.25 bits per heavy atom. The molecule has 0 atom stereocenters. The van der Waals surface area contributed by atoms with Crippen LogP contribution in [0.15, 0.2) is 31.0 Å². The van der Waals surface area contributed by atoms with Crippen LogP contribution >= 0.6 is 0 Å². The molecule has 0 aliphatic carbocycles. The summed E-state index contributed by atoms with van der Waals surface area (Å²) in [5.41, 5.74) is 0. The van der Waals surface area contributed by atoms with E-state index >= 15 is 0 Å². The minimum Gasteiger partial charge on any atom is -0.290 e. The molecule has 0 aliphatic heterocycles. The van der Waals surface area contributed by atoms with Gasteiger partial charge < -0.3 is 0 Å². The van der Waals surface area contributed by atoms with Gasteiger partial charge in [-0.25, -0.2) is 15.0 Å². The molecule has 2 rings (SSSR count). The summed E-state index contributed by atoms with van der Waals surface area (Å²) in [6, 6.07) is 1.84. The monoisotopic (exact) mass is 160 g/mol. The smallest absolute Gasteiger partial charge is 0.141 e. The van der Waals surface area contributed by atoms with E-state index in [4.69, 9.17) is 0 Å². The summed E-state index contributed by atoms with van der Waals surface area (Å²) in [5, 5.41) is 0. The van der Waals surface area contributed by atoms with Gasteiger partial charge in [-0.1, -0.05) is 0 Å². The average molecular weight is 160 g/mol. The fraction of sp³-hybridized carbons (Fsp3) is 0.125. The molecule has 0 aromatic carbocycles. The first kappa shape index (κ1) is 6.97. The van der Waals surface area contributed by atoms with E-state index in [1.165, 1.54) is 0 Å². The molecule has 0 spiro atoms. The first-order chi connectivity index (χ1) is 5.86. The lowest BCUT2D eigenvalue weighted by molar-refractivity contribution is 0.937. The summed E-state index contributed by atoms with van der Waals surface area (Å²) in [7, 11) is 0. The van der Waals surface area contributed by atoms with Crippen LogP contribution in [0.4, 0.5) is 0 Å². The van der Waals surface area contributed by atoms with Crippen molar-refractivity contribution in [3.8, 4) is 5.82 Å². The summed E-state index contributed by atoms with van der Waals surface area (Å²) in [5.74, 6) is 1.61. The molecule has 0 radical (unpaired) electrons. The zero-order valence-electron chi connectivity index (χ0n) is 6.68. The maximum absolute atomic E-state index is 4.23. The van der Waals surface area contributed by atoms with Gasteiger partial charge in [-0.3, -0.25) is 4.57 Å². The Morgan fingerprint density at radius 3 is 2.92 bits per heavy atom. The summed E-state index contributed by atoms with van der Waals surface area (Å²) >= 11 is 0. The number of nitrogens with zero attached hydrogens (tertiary/aromatic N) is 4. The highest BCUT2D eigenvalue weighted by molar-refractivity contribution is 5.19. The predicted octanol–water partition coefficient (Wildman–Crippen LogP) is 0.971. The Bertz CT molecular complexity index is 366. The minimum atomic E-state index is 0.765. The number of hydrogen-bond acceptors (Lipinski definition) is 3. The molecule has 0 saturated heterocycles. The number of hydrogen-bond donors (Lipinski definition) is 0. The van der Waals surface area contributed by atoms with Gasteiger partial charge >= 0.3 is 0 Å². The molecule has 12 heavy (non-hydrogen) atoms. The molecule has 2 aromatic rings. The van der Waals surface area contributed by atoms with E-state index in [2.05, 4.69) is 15.0 Å². The van der Waals surface area contributed by atoms with Crippen LogP contribution in [-0.2, 0) is 0 Å². The first-order valence-electron chi connectivity index (χ1n) is 3.64. The zero-order valence-corrected chi connectivity index (χ0v) is 6.68. The molecule has 0 aliphatic rings. The van der Waals surface area contributed by atoms with E-state index < -0.39 is 0 Å². The van der Waals surface area contributed by atoms with Gasteiger partial charge in [0.2, 0.25) is 0 Å². The van der Waals surface area contributed by atoms with Gasteiger partial charge in [-0.05, 0) is 13.0 Å².